The quantitative estimate of drug-likeness (QED) is 0.647. The fraction of sp³-hybridized carbons (Fsp3) is 0.286. The van der Waals surface area contributed by atoms with Crippen LogP contribution in [0.3, 0.4) is 0 Å². The van der Waals surface area contributed by atoms with Crippen LogP contribution < -0.4 is 10.5 Å². The maximum Gasteiger partial charge on any atom is 0.279 e. The third-order valence-electron chi connectivity index (χ3n) is 4.99. The van der Waals surface area contributed by atoms with E-state index in [2.05, 4.69) is 16.9 Å². The summed E-state index contributed by atoms with van der Waals surface area (Å²) in [5.41, 5.74) is -0.256. The van der Waals surface area contributed by atoms with Gasteiger partial charge in [-0.1, -0.05) is 36.2 Å². The number of nitrogens with zero attached hydrogens (tertiary/aromatic N) is 3. The lowest BCUT2D eigenvalue weighted by molar-refractivity contribution is 0.591. The maximum absolute atomic E-state index is 14.5. The lowest BCUT2D eigenvalue weighted by atomic mass is 10.1. The summed E-state index contributed by atoms with van der Waals surface area (Å²) in [5.74, 6) is 0.403. The molecule has 139 valence electrons. The lowest BCUT2D eigenvalue weighted by Crippen LogP contribution is -2.32. The molecular formula is C21H20ClFN3O. The summed E-state index contributed by atoms with van der Waals surface area (Å²) in [6, 6.07) is 11.6. The Morgan fingerprint density at radius 3 is 2.70 bits per heavy atom. The zero-order valence-electron chi connectivity index (χ0n) is 14.9. The molecule has 0 amide bonds. The molecule has 1 saturated heterocycles. The van der Waals surface area contributed by atoms with Crippen molar-refractivity contribution in [3.05, 3.63) is 70.6 Å². The SMILES string of the molecule is [CH2]C1CCCCN(c2nn(-c3ccc(Cl)cc3F)c(=O)c3ccccc23)C1. The molecule has 2 aromatic carbocycles. The van der Waals surface area contributed by atoms with Gasteiger partial charge in [-0.05, 0) is 49.9 Å². The van der Waals surface area contributed by atoms with E-state index >= 15 is 0 Å². The first-order chi connectivity index (χ1) is 13.0. The van der Waals surface area contributed by atoms with Gasteiger partial charge in [0.2, 0.25) is 0 Å². The Kier molecular flexibility index (Phi) is 4.87. The van der Waals surface area contributed by atoms with E-state index in [-0.39, 0.29) is 16.3 Å². The van der Waals surface area contributed by atoms with E-state index in [0.29, 0.717) is 17.1 Å². The number of benzene rings is 2. The maximum atomic E-state index is 14.5. The van der Waals surface area contributed by atoms with Gasteiger partial charge in [-0.15, -0.1) is 5.10 Å². The molecule has 3 aromatic rings. The van der Waals surface area contributed by atoms with Crippen LogP contribution in [0, 0.1) is 18.7 Å². The van der Waals surface area contributed by atoms with Gasteiger partial charge in [0.15, 0.2) is 5.82 Å². The van der Waals surface area contributed by atoms with Crippen LogP contribution in [0.1, 0.15) is 19.3 Å². The first kappa shape index (κ1) is 18.0. The molecule has 4 rings (SSSR count). The molecule has 0 N–H and O–H groups in total. The van der Waals surface area contributed by atoms with Crippen molar-refractivity contribution < 1.29 is 4.39 Å². The molecular weight excluding hydrogens is 365 g/mol. The van der Waals surface area contributed by atoms with Crippen molar-refractivity contribution in [1.82, 2.24) is 9.78 Å². The molecule has 1 fully saturated rings. The summed E-state index contributed by atoms with van der Waals surface area (Å²) < 4.78 is 15.7. The molecule has 0 bridgehead atoms. The average molecular weight is 385 g/mol. The Morgan fingerprint density at radius 2 is 1.93 bits per heavy atom. The van der Waals surface area contributed by atoms with Crippen molar-refractivity contribution in [2.45, 2.75) is 19.3 Å². The molecule has 1 unspecified atom stereocenters. The van der Waals surface area contributed by atoms with Gasteiger partial charge in [0.1, 0.15) is 11.5 Å². The average Bonchev–Trinajstić information content (AvgIpc) is 2.87. The molecule has 27 heavy (non-hydrogen) atoms. The second-order valence-electron chi connectivity index (χ2n) is 6.99. The second-order valence-corrected chi connectivity index (χ2v) is 7.43. The lowest BCUT2D eigenvalue weighted by Gasteiger charge is -2.25. The molecule has 0 saturated carbocycles. The number of anilines is 1. The van der Waals surface area contributed by atoms with Gasteiger partial charge in [-0.3, -0.25) is 4.79 Å². The number of fused-ring (bicyclic) bond motifs is 1. The minimum Gasteiger partial charge on any atom is -0.354 e. The van der Waals surface area contributed by atoms with Crippen molar-refractivity contribution in [2.75, 3.05) is 18.0 Å². The van der Waals surface area contributed by atoms with Gasteiger partial charge in [-0.25, -0.2) is 4.39 Å². The zero-order chi connectivity index (χ0) is 19.0. The van der Waals surface area contributed by atoms with Crippen LogP contribution in [0.5, 0.6) is 0 Å². The molecule has 1 aromatic heterocycles. The number of halogens is 2. The molecule has 1 aliphatic heterocycles. The van der Waals surface area contributed by atoms with Crippen LogP contribution in [0.4, 0.5) is 10.2 Å². The molecule has 4 nitrogen and oxygen atoms in total. The zero-order valence-corrected chi connectivity index (χ0v) is 15.6. The van der Waals surface area contributed by atoms with Gasteiger partial charge in [-0.2, -0.15) is 4.68 Å². The molecule has 0 spiro atoms. The van der Waals surface area contributed by atoms with Crippen molar-refractivity contribution >= 4 is 28.2 Å². The molecule has 6 heteroatoms. The predicted molar refractivity (Wildman–Crippen MR) is 107 cm³/mol. The van der Waals surface area contributed by atoms with E-state index in [9.17, 15) is 9.18 Å². The van der Waals surface area contributed by atoms with Gasteiger partial charge in [0.05, 0.1) is 5.39 Å². The minimum absolute atomic E-state index is 0.0948. The van der Waals surface area contributed by atoms with Gasteiger partial charge in [0, 0.05) is 23.5 Å². The summed E-state index contributed by atoms with van der Waals surface area (Å²) in [7, 11) is 0. The monoisotopic (exact) mass is 384 g/mol. The van der Waals surface area contributed by atoms with E-state index in [0.717, 1.165) is 42.4 Å². The summed E-state index contributed by atoms with van der Waals surface area (Å²) in [6.45, 7) is 5.82. The van der Waals surface area contributed by atoms with E-state index in [1.807, 2.05) is 18.2 Å². The van der Waals surface area contributed by atoms with Crippen LogP contribution in [-0.4, -0.2) is 22.9 Å². The Bertz CT molecular complexity index is 1050. The van der Waals surface area contributed by atoms with Crippen LogP contribution in [-0.2, 0) is 0 Å². The largest absolute Gasteiger partial charge is 0.354 e. The third-order valence-corrected chi connectivity index (χ3v) is 5.23. The minimum atomic E-state index is -0.579. The molecule has 1 aliphatic rings. The first-order valence-corrected chi connectivity index (χ1v) is 9.48. The molecule has 0 aliphatic carbocycles. The first-order valence-electron chi connectivity index (χ1n) is 9.10. The van der Waals surface area contributed by atoms with Crippen molar-refractivity contribution in [3.63, 3.8) is 0 Å². The van der Waals surface area contributed by atoms with Crippen molar-refractivity contribution in [2.24, 2.45) is 5.92 Å². The van der Waals surface area contributed by atoms with E-state index in [4.69, 9.17) is 11.6 Å². The summed E-state index contributed by atoms with van der Waals surface area (Å²) >= 11 is 5.86. The summed E-state index contributed by atoms with van der Waals surface area (Å²) in [6.07, 6.45) is 3.23. The molecule has 1 atom stereocenters. The van der Waals surface area contributed by atoms with Crippen LogP contribution in [0.2, 0.25) is 5.02 Å². The Labute approximate surface area is 162 Å². The highest BCUT2D eigenvalue weighted by Gasteiger charge is 2.21. The Balaban J connectivity index is 1.96. The fourth-order valence-corrected chi connectivity index (χ4v) is 3.80. The fourth-order valence-electron chi connectivity index (χ4n) is 3.64. The number of hydrogen-bond donors (Lipinski definition) is 0. The van der Waals surface area contributed by atoms with Crippen molar-refractivity contribution in [3.8, 4) is 5.69 Å². The number of rotatable bonds is 2. The molecule has 1 radical (unpaired) electrons. The topological polar surface area (TPSA) is 38.1 Å². The smallest absolute Gasteiger partial charge is 0.279 e. The standard InChI is InChI=1S/C21H20ClFN3O/c1-14-6-4-5-11-25(13-14)20-16-7-2-3-8-17(16)21(27)26(24-20)19-10-9-15(22)12-18(19)23/h2-3,7-10,12,14H,1,4-6,11,13H2. The summed E-state index contributed by atoms with van der Waals surface area (Å²) in [4.78, 5) is 15.2. The van der Waals surface area contributed by atoms with Gasteiger partial charge in [0.25, 0.3) is 5.56 Å². The Hall–Kier alpha value is -2.40. The number of hydrogen-bond acceptors (Lipinski definition) is 3. The number of aromatic nitrogens is 2. The third kappa shape index (κ3) is 3.44. The summed E-state index contributed by atoms with van der Waals surface area (Å²) in [5, 5.41) is 6.15. The highest BCUT2D eigenvalue weighted by Crippen LogP contribution is 2.27. The Morgan fingerprint density at radius 1 is 1.15 bits per heavy atom. The normalized spacial score (nSPS) is 17.9. The highest BCUT2D eigenvalue weighted by atomic mass is 35.5. The van der Waals surface area contributed by atoms with Gasteiger partial charge < -0.3 is 4.90 Å². The van der Waals surface area contributed by atoms with Crippen LogP contribution in [0.15, 0.2) is 47.3 Å². The second kappa shape index (κ2) is 7.31. The van der Waals surface area contributed by atoms with E-state index in [1.54, 1.807) is 12.1 Å². The highest BCUT2D eigenvalue weighted by molar-refractivity contribution is 6.30. The molecule has 2 heterocycles. The van der Waals surface area contributed by atoms with Crippen LogP contribution in [0.25, 0.3) is 16.5 Å². The van der Waals surface area contributed by atoms with Crippen molar-refractivity contribution in [1.29, 1.82) is 0 Å². The predicted octanol–water partition coefficient (Wildman–Crippen LogP) is 4.62. The van der Waals surface area contributed by atoms with E-state index in [1.165, 1.54) is 12.1 Å². The van der Waals surface area contributed by atoms with Gasteiger partial charge >= 0.3 is 0 Å². The van der Waals surface area contributed by atoms with Crippen LogP contribution >= 0.6 is 11.6 Å². The van der Waals surface area contributed by atoms with E-state index < -0.39 is 5.82 Å².